The van der Waals surface area contributed by atoms with Gasteiger partial charge in [0.1, 0.15) is 17.6 Å². The third-order valence-electron chi connectivity index (χ3n) is 9.79. The molecule has 48 heavy (non-hydrogen) atoms. The molecule has 0 radical (unpaired) electrons. The molecular formula is C44H72O4. The van der Waals surface area contributed by atoms with Crippen LogP contribution in [0.3, 0.4) is 0 Å². The van der Waals surface area contributed by atoms with E-state index in [1.54, 1.807) is 0 Å². The van der Waals surface area contributed by atoms with Gasteiger partial charge in [0.15, 0.2) is 0 Å². The fourth-order valence-electron chi connectivity index (χ4n) is 6.49. The Morgan fingerprint density at radius 1 is 0.500 bits per heavy atom. The van der Waals surface area contributed by atoms with Crippen LogP contribution in [0, 0.1) is 0 Å². The van der Waals surface area contributed by atoms with E-state index in [1.807, 2.05) is 24.3 Å². The summed E-state index contributed by atoms with van der Waals surface area (Å²) in [6.07, 6.45) is 33.9. The van der Waals surface area contributed by atoms with Gasteiger partial charge < -0.3 is 14.6 Å². The van der Waals surface area contributed by atoms with E-state index in [9.17, 15) is 9.90 Å². The van der Waals surface area contributed by atoms with Gasteiger partial charge in [0.2, 0.25) is 6.29 Å². The Bertz CT molecular complexity index is 940. The van der Waals surface area contributed by atoms with Crippen LogP contribution in [0.2, 0.25) is 0 Å². The molecule has 0 aliphatic heterocycles. The molecular weight excluding hydrogens is 592 g/mol. The molecule has 4 nitrogen and oxygen atoms in total. The summed E-state index contributed by atoms with van der Waals surface area (Å²) in [5.41, 5.74) is 2.51. The molecule has 1 atom stereocenters. The number of unbranched alkanes of at least 4 members (excludes halogenated alkanes) is 22. The Kier molecular flexibility index (Phi) is 24.0. The van der Waals surface area contributed by atoms with Gasteiger partial charge in [0, 0.05) is 0 Å². The molecule has 0 amide bonds. The van der Waals surface area contributed by atoms with Crippen molar-refractivity contribution in [3.63, 3.8) is 0 Å². The molecule has 0 heterocycles. The lowest BCUT2D eigenvalue weighted by molar-refractivity contribution is -0.178. The molecule has 0 aliphatic carbocycles. The Hall–Kier alpha value is -2.33. The number of carbonyl (C=O) groups excluding carboxylic acids is 1. The Morgan fingerprint density at radius 3 is 1.02 bits per heavy atom. The number of aryl methyl sites for hydroxylation is 2. The van der Waals surface area contributed by atoms with Crippen molar-refractivity contribution in [2.24, 2.45) is 0 Å². The fraction of sp³-hybridized carbons (Fsp3) is 0.705. The maximum atomic E-state index is 12.3. The van der Waals surface area contributed by atoms with Gasteiger partial charge in [-0.2, -0.15) is 0 Å². The lowest BCUT2D eigenvalue weighted by atomic mass is 10.0. The van der Waals surface area contributed by atoms with E-state index in [1.165, 1.54) is 172 Å². The van der Waals surface area contributed by atoms with E-state index in [0.717, 1.165) is 12.8 Å². The van der Waals surface area contributed by atoms with Gasteiger partial charge in [-0.1, -0.05) is 179 Å². The molecule has 272 valence electrons. The van der Waals surface area contributed by atoms with E-state index >= 15 is 0 Å². The molecule has 0 saturated heterocycles. The SMILES string of the molecule is CCCCCCCCCCCCCCc1ccc(OC(C=O)(Oc2ccc(CCCCCCCCCCCCCC)cc2)C(C)O)cc1. The standard InChI is InChI=1S/C44H72O4/c1-4-6-8-10-12-14-16-18-20-22-24-26-28-40-30-34-42(35-31-40)47-44(38-45,39(3)46)48-43-36-32-41(33-37-43)29-27-25-23-21-19-17-15-13-11-9-7-5-2/h30-39,46H,4-29H2,1-3H3. The predicted octanol–water partition coefficient (Wildman–Crippen LogP) is 12.9. The topological polar surface area (TPSA) is 55.8 Å². The maximum absolute atomic E-state index is 12.3. The summed E-state index contributed by atoms with van der Waals surface area (Å²) >= 11 is 0. The minimum Gasteiger partial charge on any atom is -0.444 e. The van der Waals surface area contributed by atoms with Crippen LogP contribution in [0.1, 0.15) is 186 Å². The normalized spacial score (nSPS) is 12.2. The molecule has 1 unspecified atom stereocenters. The van der Waals surface area contributed by atoms with Crippen molar-refractivity contribution >= 4 is 6.29 Å². The minimum absolute atomic E-state index is 0.505. The second-order valence-electron chi connectivity index (χ2n) is 14.3. The number of carbonyl (C=O) groups is 1. The summed E-state index contributed by atoms with van der Waals surface area (Å²) < 4.78 is 12.1. The molecule has 0 fully saturated rings. The van der Waals surface area contributed by atoms with Crippen molar-refractivity contribution in [2.75, 3.05) is 0 Å². The molecule has 0 bridgehead atoms. The molecule has 2 aromatic carbocycles. The molecule has 2 rings (SSSR count). The predicted molar refractivity (Wildman–Crippen MR) is 204 cm³/mol. The largest absolute Gasteiger partial charge is 0.444 e. The highest BCUT2D eigenvalue weighted by atomic mass is 16.7. The Balaban J connectivity index is 1.66. The quantitative estimate of drug-likeness (QED) is 0.0480. The number of rotatable bonds is 32. The van der Waals surface area contributed by atoms with Gasteiger partial charge >= 0.3 is 5.79 Å². The number of benzene rings is 2. The molecule has 0 aliphatic rings. The summed E-state index contributed by atoms with van der Waals surface area (Å²) in [5, 5.41) is 10.6. The molecule has 0 spiro atoms. The monoisotopic (exact) mass is 665 g/mol. The summed E-state index contributed by atoms with van der Waals surface area (Å²) in [6.45, 7) is 6.08. The van der Waals surface area contributed by atoms with Crippen molar-refractivity contribution in [3.05, 3.63) is 59.7 Å². The van der Waals surface area contributed by atoms with E-state index in [-0.39, 0.29) is 0 Å². The number of aldehydes is 1. The third kappa shape index (κ3) is 19.0. The van der Waals surface area contributed by atoms with Crippen LogP contribution in [0.4, 0.5) is 0 Å². The van der Waals surface area contributed by atoms with Crippen LogP contribution in [-0.4, -0.2) is 23.3 Å². The summed E-state index contributed by atoms with van der Waals surface area (Å²) in [4.78, 5) is 12.3. The zero-order valence-electron chi connectivity index (χ0n) is 31.3. The van der Waals surface area contributed by atoms with Gasteiger partial charge in [-0.15, -0.1) is 0 Å². The zero-order valence-corrected chi connectivity index (χ0v) is 31.3. The van der Waals surface area contributed by atoms with Crippen molar-refractivity contribution < 1.29 is 19.4 Å². The van der Waals surface area contributed by atoms with E-state index in [2.05, 4.69) is 38.1 Å². The molecule has 2 aromatic rings. The van der Waals surface area contributed by atoms with Crippen LogP contribution < -0.4 is 9.47 Å². The van der Waals surface area contributed by atoms with E-state index < -0.39 is 11.9 Å². The molecule has 1 N–H and O–H groups in total. The Labute approximate surface area is 295 Å². The number of hydrogen-bond donors (Lipinski definition) is 1. The van der Waals surface area contributed by atoms with Crippen LogP contribution in [0.15, 0.2) is 48.5 Å². The maximum Gasteiger partial charge on any atom is 0.334 e. The van der Waals surface area contributed by atoms with Gasteiger partial charge in [0.05, 0.1) is 0 Å². The van der Waals surface area contributed by atoms with Crippen molar-refractivity contribution in [3.8, 4) is 11.5 Å². The first kappa shape index (κ1) is 41.8. The highest BCUT2D eigenvalue weighted by molar-refractivity contribution is 5.63. The highest BCUT2D eigenvalue weighted by Gasteiger charge is 2.41. The van der Waals surface area contributed by atoms with Crippen LogP contribution >= 0.6 is 0 Å². The van der Waals surface area contributed by atoms with Crippen molar-refractivity contribution in [2.45, 2.75) is 200 Å². The second kappa shape index (κ2) is 27.5. The van der Waals surface area contributed by atoms with Crippen molar-refractivity contribution in [1.82, 2.24) is 0 Å². The summed E-state index contributed by atoms with van der Waals surface area (Å²) in [7, 11) is 0. The average Bonchev–Trinajstić information content (AvgIpc) is 3.10. The summed E-state index contributed by atoms with van der Waals surface area (Å²) in [5.74, 6) is -0.802. The van der Waals surface area contributed by atoms with Gasteiger partial charge in [-0.25, -0.2) is 0 Å². The minimum atomic E-state index is -1.81. The number of aliphatic hydroxyl groups excluding tert-OH is 1. The Morgan fingerprint density at radius 2 is 0.771 bits per heavy atom. The second-order valence-corrected chi connectivity index (χ2v) is 14.3. The zero-order chi connectivity index (χ0) is 34.5. The fourth-order valence-corrected chi connectivity index (χ4v) is 6.49. The number of hydrogen-bond acceptors (Lipinski definition) is 4. The van der Waals surface area contributed by atoms with Gasteiger partial charge in [-0.3, -0.25) is 4.79 Å². The first-order valence-corrected chi connectivity index (χ1v) is 20.2. The lowest BCUT2D eigenvalue weighted by Gasteiger charge is -2.32. The van der Waals surface area contributed by atoms with Gasteiger partial charge in [-0.05, 0) is 68.0 Å². The van der Waals surface area contributed by atoms with Crippen LogP contribution in [-0.2, 0) is 17.6 Å². The molecule has 0 aromatic heterocycles. The summed E-state index contributed by atoms with van der Waals surface area (Å²) in [6, 6.07) is 15.7. The first-order valence-electron chi connectivity index (χ1n) is 20.2. The van der Waals surface area contributed by atoms with Crippen LogP contribution in [0.5, 0.6) is 11.5 Å². The smallest absolute Gasteiger partial charge is 0.334 e. The highest BCUT2D eigenvalue weighted by Crippen LogP contribution is 2.27. The van der Waals surface area contributed by atoms with Crippen LogP contribution in [0.25, 0.3) is 0 Å². The van der Waals surface area contributed by atoms with E-state index in [0.29, 0.717) is 17.8 Å². The first-order chi connectivity index (χ1) is 23.5. The average molecular weight is 665 g/mol. The van der Waals surface area contributed by atoms with Gasteiger partial charge in [0.25, 0.3) is 0 Å². The third-order valence-corrected chi connectivity index (χ3v) is 9.79. The van der Waals surface area contributed by atoms with E-state index in [4.69, 9.17) is 9.47 Å². The lowest BCUT2D eigenvalue weighted by Crippen LogP contribution is -2.53. The molecule has 0 saturated carbocycles. The number of aliphatic hydroxyl groups is 1. The van der Waals surface area contributed by atoms with Crippen molar-refractivity contribution in [1.29, 1.82) is 0 Å². The number of ether oxygens (including phenoxy) is 2. The molecule has 4 heteroatoms.